The summed E-state index contributed by atoms with van der Waals surface area (Å²) < 4.78 is 0. The third-order valence-corrected chi connectivity index (χ3v) is 0.236. The molecule has 0 unspecified atom stereocenters. The molecule has 0 saturated carbocycles. The van der Waals surface area contributed by atoms with Crippen molar-refractivity contribution in [1.29, 1.82) is 0 Å². The number of hydrogen-bond donors (Lipinski definition) is 4. The first-order valence-corrected chi connectivity index (χ1v) is 1.89. The van der Waals surface area contributed by atoms with Crippen molar-refractivity contribution in [3.05, 3.63) is 0 Å². The largest absolute Gasteiger partial charge is 1.00 e. The zero-order valence-corrected chi connectivity index (χ0v) is 10.8. The standard InChI is InChI=1S/2CH4N2O2.2Na/c2*2-3-1(4)5;;/h2*3H,2H2,(H,4,5);;/q;;2*+1/p-2. The van der Waals surface area contributed by atoms with E-state index < -0.39 is 12.2 Å². The molecule has 0 bridgehead atoms. The van der Waals surface area contributed by atoms with Crippen LogP contribution in [-0.4, -0.2) is 12.2 Å². The van der Waals surface area contributed by atoms with Crippen LogP contribution in [0.4, 0.5) is 9.59 Å². The van der Waals surface area contributed by atoms with E-state index in [2.05, 4.69) is 11.7 Å². The Balaban J connectivity index is -0.0000000457. The molecular weight excluding hydrogens is 190 g/mol. The summed E-state index contributed by atoms with van der Waals surface area (Å²) in [6.45, 7) is 0. The summed E-state index contributed by atoms with van der Waals surface area (Å²) in [5.41, 5.74) is 2.67. The van der Waals surface area contributed by atoms with Gasteiger partial charge in [-0.25, -0.2) is 11.7 Å². The third kappa shape index (κ3) is 47.1. The van der Waals surface area contributed by atoms with Gasteiger partial charge in [0, 0.05) is 0 Å². The molecule has 0 aliphatic heterocycles. The van der Waals surface area contributed by atoms with Gasteiger partial charge in [-0.15, -0.1) is 0 Å². The summed E-state index contributed by atoms with van der Waals surface area (Å²) in [5.74, 6) is 8.52. The van der Waals surface area contributed by atoms with Gasteiger partial charge in [0.05, 0.1) is 0 Å². The molecule has 0 rings (SSSR count). The Morgan fingerprint density at radius 1 is 0.917 bits per heavy atom. The number of nitrogens with two attached hydrogens (primary N) is 2. The van der Waals surface area contributed by atoms with Gasteiger partial charge in [0.2, 0.25) is 0 Å². The predicted octanol–water partition coefficient (Wildman–Crippen LogP) is -10.4. The maximum Gasteiger partial charge on any atom is 1.00 e. The van der Waals surface area contributed by atoms with Crippen molar-refractivity contribution in [2.24, 2.45) is 11.7 Å². The van der Waals surface area contributed by atoms with E-state index in [4.69, 9.17) is 19.8 Å². The van der Waals surface area contributed by atoms with Crippen molar-refractivity contribution in [3.63, 3.8) is 0 Å². The van der Waals surface area contributed by atoms with Gasteiger partial charge < -0.3 is 30.7 Å². The molecule has 0 aromatic heterocycles. The van der Waals surface area contributed by atoms with Gasteiger partial charge in [-0.2, -0.15) is 0 Å². The summed E-state index contributed by atoms with van der Waals surface area (Å²) in [4.78, 5) is 18.0. The molecule has 6 N–H and O–H groups in total. The Kier molecular flexibility index (Phi) is 33.4. The molecule has 0 spiro atoms. The molecule has 0 heterocycles. The molecule has 0 fully saturated rings. The molecule has 60 valence electrons. The van der Waals surface area contributed by atoms with Crippen LogP contribution in [0.15, 0.2) is 0 Å². The van der Waals surface area contributed by atoms with E-state index in [-0.39, 0.29) is 59.1 Å². The Morgan fingerprint density at radius 3 is 1.00 bits per heavy atom. The fourth-order valence-corrected chi connectivity index (χ4v) is 0. The molecule has 0 aromatic rings. The molecule has 0 aromatic carbocycles. The Morgan fingerprint density at radius 2 is 1.00 bits per heavy atom. The normalized spacial score (nSPS) is 5.50. The Labute approximate surface area is 113 Å². The van der Waals surface area contributed by atoms with Gasteiger partial charge in [0.1, 0.15) is 12.2 Å². The van der Waals surface area contributed by atoms with Crippen LogP contribution in [0.5, 0.6) is 0 Å². The number of nitrogens with one attached hydrogen (secondary N) is 2. The minimum Gasteiger partial charge on any atom is -0.529 e. The van der Waals surface area contributed by atoms with Gasteiger partial charge in [-0.05, 0) is 0 Å². The van der Waals surface area contributed by atoms with Crippen LogP contribution in [0.2, 0.25) is 0 Å². The third-order valence-electron chi connectivity index (χ3n) is 0.236. The number of amides is 2. The van der Waals surface area contributed by atoms with Gasteiger partial charge in [-0.1, -0.05) is 0 Å². The molecule has 0 radical (unpaired) electrons. The van der Waals surface area contributed by atoms with E-state index in [1.165, 1.54) is 10.9 Å². The van der Waals surface area contributed by atoms with Crippen LogP contribution in [0.3, 0.4) is 0 Å². The second kappa shape index (κ2) is 17.5. The summed E-state index contributed by atoms with van der Waals surface area (Å²) in [5, 5.41) is 18.0. The fraction of sp³-hybridized carbons (Fsp3) is 0. The van der Waals surface area contributed by atoms with Crippen LogP contribution in [-0.2, 0) is 0 Å². The average molecular weight is 196 g/mol. The summed E-state index contributed by atoms with van der Waals surface area (Å²) in [6.07, 6.45) is -2.94. The maximum absolute atomic E-state index is 9.02. The predicted molar refractivity (Wildman–Crippen MR) is 25.4 cm³/mol. The van der Waals surface area contributed by atoms with Gasteiger partial charge in [-0.3, -0.25) is 0 Å². The molecule has 8 nitrogen and oxygen atoms in total. The van der Waals surface area contributed by atoms with Crippen LogP contribution in [0.25, 0.3) is 0 Å². The smallest absolute Gasteiger partial charge is 0.529 e. The van der Waals surface area contributed by atoms with Crippen LogP contribution in [0, 0.1) is 0 Å². The topological polar surface area (TPSA) is 156 Å². The fourth-order valence-electron chi connectivity index (χ4n) is 0. The Bertz CT molecular complexity index is 108. The van der Waals surface area contributed by atoms with Crippen LogP contribution >= 0.6 is 0 Å². The molecule has 0 atom stereocenters. The molecule has 12 heavy (non-hydrogen) atoms. The number of hydrazine groups is 2. The van der Waals surface area contributed by atoms with E-state index >= 15 is 0 Å². The van der Waals surface area contributed by atoms with Gasteiger partial charge in [0.25, 0.3) is 0 Å². The van der Waals surface area contributed by atoms with E-state index in [1.807, 2.05) is 0 Å². The van der Waals surface area contributed by atoms with E-state index in [1.54, 1.807) is 0 Å². The van der Waals surface area contributed by atoms with Crippen LogP contribution < -0.4 is 91.9 Å². The SMILES string of the molecule is NNC(=O)[O-].NNC(=O)[O-].[Na+].[Na+]. The van der Waals surface area contributed by atoms with Crippen molar-refractivity contribution in [3.8, 4) is 0 Å². The number of carbonyl (C=O) groups excluding carboxylic acids is 2. The van der Waals surface area contributed by atoms with E-state index in [0.29, 0.717) is 0 Å². The van der Waals surface area contributed by atoms with Crippen molar-refractivity contribution in [2.45, 2.75) is 0 Å². The van der Waals surface area contributed by atoms with Crippen molar-refractivity contribution in [2.75, 3.05) is 0 Å². The molecule has 0 aliphatic rings. The first kappa shape index (κ1) is 22.9. The number of carboxylic acid groups (broad SMARTS) is 2. The van der Waals surface area contributed by atoms with Crippen molar-refractivity contribution in [1.82, 2.24) is 10.9 Å². The number of carbonyl (C=O) groups is 2. The van der Waals surface area contributed by atoms with Gasteiger partial charge >= 0.3 is 59.1 Å². The van der Waals surface area contributed by atoms with E-state index in [0.717, 1.165) is 0 Å². The zero-order valence-electron chi connectivity index (χ0n) is 6.79. The molecular formula is C2H6N4Na2O4. The number of hydrogen-bond acceptors (Lipinski definition) is 6. The molecule has 0 saturated heterocycles. The molecule has 10 heteroatoms. The average Bonchev–Trinajstić information content (AvgIpc) is 1.89. The first-order chi connectivity index (χ1) is 4.54. The second-order valence-electron chi connectivity index (χ2n) is 0.864. The van der Waals surface area contributed by atoms with Crippen LogP contribution in [0.1, 0.15) is 0 Å². The maximum atomic E-state index is 9.02. The van der Waals surface area contributed by atoms with E-state index in [9.17, 15) is 0 Å². The van der Waals surface area contributed by atoms with Crippen molar-refractivity contribution >= 4 is 12.2 Å². The van der Waals surface area contributed by atoms with Gasteiger partial charge in [0.15, 0.2) is 0 Å². The summed E-state index contributed by atoms with van der Waals surface area (Å²) in [6, 6.07) is 0. The second-order valence-corrected chi connectivity index (χ2v) is 0.864. The molecule has 2 amide bonds. The minimum atomic E-state index is -1.47. The monoisotopic (exact) mass is 196 g/mol. The molecule has 0 aliphatic carbocycles. The summed E-state index contributed by atoms with van der Waals surface area (Å²) in [7, 11) is 0. The summed E-state index contributed by atoms with van der Waals surface area (Å²) >= 11 is 0. The quantitative estimate of drug-likeness (QED) is 0.130. The Hall–Kier alpha value is 0.460. The zero-order chi connectivity index (χ0) is 8.57. The minimum absolute atomic E-state index is 0. The van der Waals surface area contributed by atoms with Crippen molar-refractivity contribution < 1.29 is 78.9 Å². The first-order valence-electron chi connectivity index (χ1n) is 1.89. The number of rotatable bonds is 0.